The Bertz CT molecular complexity index is 1210. The van der Waals surface area contributed by atoms with Gasteiger partial charge < -0.3 is 0 Å². The highest BCUT2D eigenvalue weighted by Gasteiger charge is 2.36. The van der Waals surface area contributed by atoms with Crippen LogP contribution in [0.4, 0.5) is 16.0 Å². The molecule has 1 aromatic heterocycles. The summed E-state index contributed by atoms with van der Waals surface area (Å²) in [6.45, 7) is 7.76. The molecule has 1 aliphatic heterocycles. The minimum atomic E-state index is -0.271. The molecule has 34 heavy (non-hydrogen) atoms. The number of aromatic nitrogens is 2. The predicted octanol–water partition coefficient (Wildman–Crippen LogP) is 5.48. The monoisotopic (exact) mass is 460 g/mol. The molecule has 2 aromatic carbocycles. The molecule has 1 fully saturated rings. The molecule has 0 saturated heterocycles. The number of nitrogens with zero attached hydrogens (tertiary/aromatic N) is 4. The molecule has 0 radical (unpaired) electrons. The maximum atomic E-state index is 13.9. The molecule has 178 valence electrons. The fourth-order valence-corrected chi connectivity index (χ4v) is 5.59. The molecule has 0 amide bonds. The van der Waals surface area contributed by atoms with Crippen molar-refractivity contribution >= 4 is 11.6 Å². The Morgan fingerprint density at radius 3 is 2.47 bits per heavy atom. The Morgan fingerprint density at radius 1 is 1.00 bits per heavy atom. The van der Waals surface area contributed by atoms with Crippen LogP contribution in [-0.2, 0) is 13.1 Å². The standard InChI is InChI=1S/C28H33FN4O/c1-19-8-7-11-26(20(19)2)31-17-32(24-14-12-23(29)13-15-24)28-30-21(3)25(27(34)33(28)18-31)16-22-9-5-4-6-10-22/h4-6,9-10,12-15,19-20,26H,7-8,11,16-18H2,1-3H3. The van der Waals surface area contributed by atoms with Crippen LogP contribution < -0.4 is 10.5 Å². The van der Waals surface area contributed by atoms with Crippen molar-refractivity contribution in [2.75, 3.05) is 11.6 Å². The Hall–Kier alpha value is -2.99. The lowest BCUT2D eigenvalue weighted by molar-refractivity contribution is 0.0491. The van der Waals surface area contributed by atoms with Gasteiger partial charge in [0.1, 0.15) is 5.82 Å². The SMILES string of the molecule is Cc1nc2n(c(=O)c1Cc1ccccc1)CN(C1CCCC(C)C1C)CN2c1ccc(F)cc1. The number of fused-ring (bicyclic) bond motifs is 1. The number of rotatable bonds is 4. The van der Waals surface area contributed by atoms with Crippen molar-refractivity contribution < 1.29 is 4.39 Å². The molecule has 2 heterocycles. The summed E-state index contributed by atoms with van der Waals surface area (Å²) in [5.74, 6) is 1.56. The summed E-state index contributed by atoms with van der Waals surface area (Å²) in [6.07, 6.45) is 4.15. The predicted molar refractivity (Wildman–Crippen MR) is 134 cm³/mol. The van der Waals surface area contributed by atoms with Gasteiger partial charge in [0.15, 0.2) is 0 Å². The maximum Gasteiger partial charge on any atom is 0.259 e. The number of halogens is 1. The highest BCUT2D eigenvalue weighted by atomic mass is 19.1. The molecule has 1 aliphatic carbocycles. The van der Waals surface area contributed by atoms with E-state index in [1.807, 2.05) is 41.8 Å². The number of anilines is 2. The highest BCUT2D eigenvalue weighted by molar-refractivity contribution is 5.58. The van der Waals surface area contributed by atoms with Crippen molar-refractivity contribution in [2.45, 2.75) is 59.2 Å². The van der Waals surface area contributed by atoms with Crippen LogP contribution in [-0.4, -0.2) is 27.2 Å². The lowest BCUT2D eigenvalue weighted by Gasteiger charge is -2.46. The largest absolute Gasteiger partial charge is 0.298 e. The van der Waals surface area contributed by atoms with Crippen LogP contribution in [0.2, 0.25) is 0 Å². The number of benzene rings is 2. The normalized spacial score (nSPS) is 23.1. The van der Waals surface area contributed by atoms with Crippen molar-refractivity contribution in [3.8, 4) is 0 Å². The van der Waals surface area contributed by atoms with Crippen LogP contribution in [0.15, 0.2) is 59.4 Å². The fourth-order valence-electron chi connectivity index (χ4n) is 5.59. The zero-order valence-corrected chi connectivity index (χ0v) is 20.2. The van der Waals surface area contributed by atoms with E-state index in [1.54, 1.807) is 12.1 Å². The first kappa shape index (κ1) is 22.8. The average Bonchev–Trinajstić information content (AvgIpc) is 2.84. The van der Waals surface area contributed by atoms with Crippen molar-refractivity contribution in [3.63, 3.8) is 0 Å². The van der Waals surface area contributed by atoms with Gasteiger partial charge in [0.25, 0.3) is 5.56 Å². The van der Waals surface area contributed by atoms with Gasteiger partial charge in [-0.05, 0) is 55.0 Å². The zero-order chi connectivity index (χ0) is 23.8. The zero-order valence-electron chi connectivity index (χ0n) is 20.2. The van der Waals surface area contributed by atoms with Crippen LogP contribution in [0.5, 0.6) is 0 Å². The van der Waals surface area contributed by atoms with Gasteiger partial charge in [0, 0.05) is 23.7 Å². The van der Waals surface area contributed by atoms with Gasteiger partial charge in [0.2, 0.25) is 5.95 Å². The second kappa shape index (κ2) is 9.34. The molecular weight excluding hydrogens is 427 g/mol. The van der Waals surface area contributed by atoms with Crippen molar-refractivity contribution in [1.82, 2.24) is 14.5 Å². The summed E-state index contributed by atoms with van der Waals surface area (Å²) < 4.78 is 15.5. The van der Waals surface area contributed by atoms with Gasteiger partial charge in [-0.25, -0.2) is 9.37 Å². The van der Waals surface area contributed by atoms with E-state index in [2.05, 4.69) is 23.6 Å². The minimum absolute atomic E-state index is 0.0136. The average molecular weight is 461 g/mol. The molecule has 3 atom stereocenters. The second-order valence-corrected chi connectivity index (χ2v) is 9.98. The molecule has 0 spiro atoms. The summed E-state index contributed by atoms with van der Waals surface area (Å²) in [5, 5.41) is 0. The molecule has 0 bridgehead atoms. The van der Waals surface area contributed by atoms with Crippen molar-refractivity contribution in [2.24, 2.45) is 11.8 Å². The lowest BCUT2D eigenvalue weighted by Crippen LogP contribution is -2.54. The van der Waals surface area contributed by atoms with Gasteiger partial charge in [0.05, 0.1) is 19.0 Å². The first-order valence-corrected chi connectivity index (χ1v) is 12.3. The van der Waals surface area contributed by atoms with Crippen LogP contribution >= 0.6 is 0 Å². The lowest BCUT2D eigenvalue weighted by atomic mass is 9.77. The fraction of sp³-hybridized carbons (Fsp3) is 0.429. The third-order valence-corrected chi connectivity index (χ3v) is 7.83. The first-order chi connectivity index (χ1) is 16.4. The minimum Gasteiger partial charge on any atom is -0.298 e. The van der Waals surface area contributed by atoms with Gasteiger partial charge in [-0.1, -0.05) is 57.0 Å². The molecule has 3 aromatic rings. The van der Waals surface area contributed by atoms with E-state index >= 15 is 0 Å². The number of hydrogen-bond acceptors (Lipinski definition) is 4. The van der Waals surface area contributed by atoms with Gasteiger partial charge in [-0.2, -0.15) is 0 Å². The first-order valence-electron chi connectivity index (χ1n) is 12.3. The molecule has 3 unspecified atom stereocenters. The Kier molecular flexibility index (Phi) is 6.26. The molecule has 5 nitrogen and oxygen atoms in total. The third-order valence-electron chi connectivity index (χ3n) is 7.83. The van der Waals surface area contributed by atoms with Crippen LogP contribution in [0.1, 0.15) is 49.9 Å². The van der Waals surface area contributed by atoms with Gasteiger partial charge >= 0.3 is 0 Å². The van der Waals surface area contributed by atoms with E-state index in [9.17, 15) is 9.18 Å². The summed E-state index contributed by atoms with van der Waals surface area (Å²) in [7, 11) is 0. The summed E-state index contributed by atoms with van der Waals surface area (Å²) >= 11 is 0. The summed E-state index contributed by atoms with van der Waals surface area (Å²) in [4.78, 5) is 23.3. The Labute approximate surface area is 200 Å². The number of hydrogen-bond donors (Lipinski definition) is 0. The smallest absolute Gasteiger partial charge is 0.259 e. The van der Waals surface area contributed by atoms with E-state index in [4.69, 9.17) is 4.98 Å². The molecular formula is C28H33FN4O. The van der Waals surface area contributed by atoms with E-state index in [0.29, 0.717) is 43.6 Å². The second-order valence-electron chi connectivity index (χ2n) is 9.98. The maximum absolute atomic E-state index is 13.9. The molecule has 1 saturated carbocycles. The summed E-state index contributed by atoms with van der Waals surface area (Å²) in [5.41, 5.74) is 3.45. The number of aryl methyl sites for hydroxylation is 1. The van der Waals surface area contributed by atoms with E-state index < -0.39 is 0 Å². The third kappa shape index (κ3) is 4.27. The van der Waals surface area contributed by atoms with E-state index in [1.165, 1.54) is 25.0 Å². The van der Waals surface area contributed by atoms with Gasteiger partial charge in [-0.3, -0.25) is 19.2 Å². The Balaban J connectivity index is 1.59. The topological polar surface area (TPSA) is 41.4 Å². The summed E-state index contributed by atoms with van der Waals surface area (Å²) in [6, 6.07) is 17.0. The van der Waals surface area contributed by atoms with Crippen molar-refractivity contribution in [1.29, 1.82) is 0 Å². The molecule has 5 rings (SSSR count). The van der Waals surface area contributed by atoms with E-state index in [0.717, 1.165) is 28.9 Å². The van der Waals surface area contributed by atoms with E-state index in [-0.39, 0.29) is 11.4 Å². The quantitative estimate of drug-likeness (QED) is 0.517. The van der Waals surface area contributed by atoms with Crippen LogP contribution in [0.25, 0.3) is 0 Å². The highest BCUT2D eigenvalue weighted by Crippen LogP contribution is 2.36. The van der Waals surface area contributed by atoms with Crippen LogP contribution in [0.3, 0.4) is 0 Å². The van der Waals surface area contributed by atoms with Crippen molar-refractivity contribution in [3.05, 3.63) is 87.6 Å². The van der Waals surface area contributed by atoms with Gasteiger partial charge in [-0.15, -0.1) is 0 Å². The molecule has 2 aliphatic rings. The van der Waals surface area contributed by atoms with Crippen LogP contribution in [0, 0.1) is 24.6 Å². The molecule has 0 N–H and O–H groups in total. The molecule has 6 heteroatoms. The Morgan fingerprint density at radius 2 is 1.74 bits per heavy atom.